The second-order valence-corrected chi connectivity index (χ2v) is 6.49. The van der Waals surface area contributed by atoms with Gasteiger partial charge in [0.1, 0.15) is 0 Å². The van der Waals surface area contributed by atoms with Crippen LogP contribution in [0.25, 0.3) is 22.3 Å². The van der Waals surface area contributed by atoms with Crippen LogP contribution >= 0.6 is 0 Å². The molecule has 0 saturated carbocycles. The lowest BCUT2D eigenvalue weighted by atomic mass is 10.1. The fraction of sp³-hybridized carbons (Fsp3) is 0. The molecule has 0 saturated heterocycles. The average molecular weight is 402 g/mol. The van der Waals surface area contributed by atoms with Crippen LogP contribution in [0.2, 0.25) is 0 Å². The van der Waals surface area contributed by atoms with Crippen LogP contribution in [0.15, 0.2) is 97.1 Å². The monoisotopic (exact) mass is 402 g/mol. The lowest BCUT2D eigenvalue weighted by Gasteiger charge is -2.02. The fourth-order valence-electron chi connectivity index (χ4n) is 2.70. The third kappa shape index (κ3) is 6.56. The van der Waals surface area contributed by atoms with Gasteiger partial charge in [0, 0.05) is 22.7 Å². The molecule has 0 aromatic heterocycles. The summed E-state index contributed by atoms with van der Waals surface area (Å²) in [6, 6.07) is 31.2. The molecule has 30 heavy (non-hydrogen) atoms. The molecule has 0 atom stereocenters. The first-order chi connectivity index (χ1) is 14.5. The van der Waals surface area contributed by atoms with Crippen molar-refractivity contribution in [3.63, 3.8) is 0 Å². The second kappa shape index (κ2) is 11.1. The molecule has 10 N–H and O–H groups in total. The first-order valence-corrected chi connectivity index (χ1v) is 9.14. The maximum absolute atomic E-state index is 6.00. The van der Waals surface area contributed by atoms with Gasteiger partial charge in [-0.3, -0.25) is 10.5 Å². The Labute approximate surface area is 175 Å². The standard InChI is InChI=1S/2C12H12N2.H2O2/c2*13-11-5-1-9(2-6-11)10-3-7-12(14)8-4-10;1-2/h2*1-8H,13-14H2;1-2H. The molecule has 0 unspecified atom stereocenters. The summed E-state index contributed by atoms with van der Waals surface area (Å²) in [4.78, 5) is 0. The van der Waals surface area contributed by atoms with Crippen LogP contribution in [-0.2, 0) is 0 Å². The van der Waals surface area contributed by atoms with Crippen LogP contribution in [0.4, 0.5) is 22.7 Å². The highest BCUT2D eigenvalue weighted by molar-refractivity contribution is 5.68. The normalized spacial score (nSPS) is 9.53. The van der Waals surface area contributed by atoms with Crippen molar-refractivity contribution in [2.24, 2.45) is 0 Å². The number of hydrogen-bond donors (Lipinski definition) is 6. The van der Waals surface area contributed by atoms with Crippen molar-refractivity contribution in [3.8, 4) is 22.3 Å². The molecule has 0 aliphatic rings. The van der Waals surface area contributed by atoms with E-state index in [9.17, 15) is 0 Å². The molecule has 0 spiro atoms. The summed E-state index contributed by atoms with van der Waals surface area (Å²) in [5.41, 5.74) is 30.2. The summed E-state index contributed by atoms with van der Waals surface area (Å²) in [5, 5.41) is 12.0. The van der Waals surface area contributed by atoms with Gasteiger partial charge in [-0.2, -0.15) is 0 Å². The van der Waals surface area contributed by atoms with E-state index in [4.69, 9.17) is 33.4 Å². The van der Waals surface area contributed by atoms with Crippen molar-refractivity contribution in [1.82, 2.24) is 0 Å². The molecule has 6 heteroatoms. The molecule has 0 fully saturated rings. The predicted molar refractivity (Wildman–Crippen MR) is 127 cm³/mol. The molecule has 0 aliphatic heterocycles. The SMILES string of the molecule is Nc1ccc(-c2ccc(N)cc2)cc1.Nc1ccc(-c2ccc(N)cc2)cc1.OO. The van der Waals surface area contributed by atoms with Gasteiger partial charge < -0.3 is 22.9 Å². The lowest BCUT2D eigenvalue weighted by Crippen LogP contribution is -1.85. The van der Waals surface area contributed by atoms with Gasteiger partial charge in [-0.05, 0) is 70.8 Å². The van der Waals surface area contributed by atoms with E-state index >= 15 is 0 Å². The van der Waals surface area contributed by atoms with Crippen LogP contribution < -0.4 is 22.9 Å². The maximum atomic E-state index is 6.00. The largest absolute Gasteiger partial charge is 0.399 e. The molecular weight excluding hydrogens is 376 g/mol. The van der Waals surface area contributed by atoms with Crippen molar-refractivity contribution in [1.29, 1.82) is 0 Å². The smallest absolute Gasteiger partial charge is 0.0314 e. The first-order valence-electron chi connectivity index (χ1n) is 9.14. The molecule has 0 amide bonds. The van der Waals surface area contributed by atoms with Gasteiger partial charge in [-0.15, -0.1) is 0 Å². The van der Waals surface area contributed by atoms with Crippen molar-refractivity contribution in [3.05, 3.63) is 97.1 Å². The Bertz CT molecular complexity index is 841. The minimum atomic E-state index is 0.782. The Morgan fingerprint density at radius 2 is 0.433 bits per heavy atom. The van der Waals surface area contributed by atoms with Crippen molar-refractivity contribution in [2.75, 3.05) is 22.9 Å². The Kier molecular flexibility index (Phi) is 8.26. The van der Waals surface area contributed by atoms with E-state index in [1.54, 1.807) is 0 Å². The predicted octanol–water partition coefficient (Wildman–Crippen LogP) is 5.05. The Balaban J connectivity index is 0.000000197. The molecule has 154 valence electrons. The van der Waals surface area contributed by atoms with Gasteiger partial charge in [-0.1, -0.05) is 48.5 Å². The summed E-state index contributed by atoms with van der Waals surface area (Å²) in [5.74, 6) is 0. The maximum Gasteiger partial charge on any atom is 0.0314 e. The minimum absolute atomic E-state index is 0.782. The molecule has 4 aromatic rings. The van der Waals surface area contributed by atoms with Gasteiger partial charge in [0.25, 0.3) is 0 Å². The zero-order chi connectivity index (χ0) is 21.9. The number of hydrogen-bond acceptors (Lipinski definition) is 6. The molecule has 6 nitrogen and oxygen atoms in total. The highest BCUT2D eigenvalue weighted by Gasteiger charge is 1.97. The van der Waals surface area contributed by atoms with E-state index in [0.717, 1.165) is 45.0 Å². The summed E-state index contributed by atoms with van der Waals surface area (Å²) in [7, 11) is 0. The highest BCUT2D eigenvalue weighted by Crippen LogP contribution is 2.22. The zero-order valence-electron chi connectivity index (χ0n) is 16.4. The van der Waals surface area contributed by atoms with Crippen molar-refractivity contribution < 1.29 is 10.5 Å². The zero-order valence-corrected chi connectivity index (χ0v) is 16.4. The van der Waals surface area contributed by atoms with Gasteiger partial charge >= 0.3 is 0 Å². The van der Waals surface area contributed by atoms with E-state index in [2.05, 4.69) is 0 Å². The third-order valence-electron chi connectivity index (χ3n) is 4.31. The fourth-order valence-corrected chi connectivity index (χ4v) is 2.70. The van der Waals surface area contributed by atoms with E-state index in [1.165, 1.54) is 0 Å². The molecule has 4 rings (SSSR count). The van der Waals surface area contributed by atoms with Crippen LogP contribution in [-0.4, -0.2) is 10.5 Å². The van der Waals surface area contributed by atoms with Crippen molar-refractivity contribution in [2.45, 2.75) is 0 Å². The molecule has 0 aliphatic carbocycles. The number of nitrogens with two attached hydrogens (primary N) is 4. The number of anilines is 4. The molecule has 4 aromatic carbocycles. The highest BCUT2D eigenvalue weighted by atomic mass is 17.0. The first kappa shape index (κ1) is 22.3. The van der Waals surface area contributed by atoms with E-state index in [-0.39, 0.29) is 0 Å². The Morgan fingerprint density at radius 3 is 0.567 bits per heavy atom. The molecule has 0 bridgehead atoms. The van der Waals surface area contributed by atoms with E-state index in [1.807, 2.05) is 97.1 Å². The number of nitrogen functional groups attached to an aromatic ring is 4. The van der Waals surface area contributed by atoms with Crippen LogP contribution in [0, 0.1) is 0 Å². The minimum Gasteiger partial charge on any atom is -0.399 e. The van der Waals surface area contributed by atoms with Gasteiger partial charge in [0.2, 0.25) is 0 Å². The van der Waals surface area contributed by atoms with Gasteiger partial charge in [0.15, 0.2) is 0 Å². The second-order valence-electron chi connectivity index (χ2n) is 6.49. The average Bonchev–Trinajstić information content (AvgIpc) is 2.78. The van der Waals surface area contributed by atoms with Gasteiger partial charge in [-0.25, -0.2) is 0 Å². The molecule has 0 heterocycles. The van der Waals surface area contributed by atoms with Gasteiger partial charge in [0.05, 0.1) is 0 Å². The molecule has 0 radical (unpaired) electrons. The lowest BCUT2D eigenvalue weighted by molar-refractivity contribution is -0.176. The summed E-state index contributed by atoms with van der Waals surface area (Å²) in [6.45, 7) is 0. The summed E-state index contributed by atoms with van der Waals surface area (Å²) < 4.78 is 0. The molecular formula is C24H26N4O2. The van der Waals surface area contributed by atoms with E-state index in [0.29, 0.717) is 0 Å². The number of rotatable bonds is 2. The van der Waals surface area contributed by atoms with Crippen LogP contribution in [0.3, 0.4) is 0 Å². The summed E-state index contributed by atoms with van der Waals surface area (Å²) >= 11 is 0. The van der Waals surface area contributed by atoms with Crippen LogP contribution in [0.5, 0.6) is 0 Å². The third-order valence-corrected chi connectivity index (χ3v) is 4.31. The Morgan fingerprint density at radius 1 is 0.300 bits per heavy atom. The number of benzene rings is 4. The van der Waals surface area contributed by atoms with Crippen LogP contribution in [0.1, 0.15) is 0 Å². The van der Waals surface area contributed by atoms with Crippen molar-refractivity contribution >= 4 is 22.7 Å². The quantitative estimate of drug-likeness (QED) is 0.157. The Hall–Kier alpha value is -4.00. The topological polar surface area (TPSA) is 145 Å². The van der Waals surface area contributed by atoms with E-state index < -0.39 is 0 Å². The summed E-state index contributed by atoms with van der Waals surface area (Å²) in [6.07, 6.45) is 0.